The molecule has 0 bridgehead atoms. The van der Waals surface area contributed by atoms with E-state index in [1.807, 2.05) is 51.1 Å². The number of ether oxygens (including phenoxy) is 3. The summed E-state index contributed by atoms with van der Waals surface area (Å²) in [5.74, 6) is 1.59. The van der Waals surface area contributed by atoms with Gasteiger partial charge in [-0.25, -0.2) is 0 Å². The van der Waals surface area contributed by atoms with Gasteiger partial charge in [0.25, 0.3) is 5.91 Å². The lowest BCUT2D eigenvalue weighted by Gasteiger charge is -2.26. The Morgan fingerprint density at radius 3 is 2.46 bits per heavy atom. The van der Waals surface area contributed by atoms with Crippen molar-refractivity contribution in [2.75, 3.05) is 33.5 Å². The minimum absolute atomic E-state index is 0.110. The molecule has 1 aliphatic heterocycles. The number of methoxy groups -OCH3 is 1. The first-order chi connectivity index (χ1) is 17.8. The minimum atomic E-state index is -0.592. The summed E-state index contributed by atoms with van der Waals surface area (Å²) >= 11 is 0. The molecule has 4 rings (SSSR count). The molecule has 3 aromatic rings. The quantitative estimate of drug-likeness (QED) is 0.305. The summed E-state index contributed by atoms with van der Waals surface area (Å²) in [6.07, 6.45) is 1.56. The second kappa shape index (κ2) is 11.4. The van der Waals surface area contributed by atoms with Gasteiger partial charge in [0.1, 0.15) is 5.58 Å². The average Bonchev–Trinajstić information content (AvgIpc) is 3.13. The van der Waals surface area contributed by atoms with E-state index in [-0.39, 0.29) is 17.1 Å². The predicted octanol–water partition coefficient (Wildman–Crippen LogP) is 5.82. The maximum absolute atomic E-state index is 13.9. The number of aryl methyl sites for hydroxylation is 2. The van der Waals surface area contributed by atoms with Crippen LogP contribution in [0.2, 0.25) is 0 Å². The highest BCUT2D eigenvalue weighted by Gasteiger charge is 2.42. The zero-order valence-electron chi connectivity index (χ0n) is 22.7. The lowest BCUT2D eigenvalue weighted by atomic mass is 9.97. The molecule has 0 fully saturated rings. The predicted molar refractivity (Wildman–Crippen MR) is 144 cm³/mol. The minimum Gasteiger partial charge on any atom is -0.490 e. The molecular formula is C30H37NO6. The van der Waals surface area contributed by atoms with Crippen LogP contribution in [-0.2, 0) is 4.74 Å². The Hall–Kier alpha value is -3.32. The van der Waals surface area contributed by atoms with Crippen LogP contribution in [0.4, 0.5) is 0 Å². The van der Waals surface area contributed by atoms with E-state index in [2.05, 4.69) is 13.8 Å². The zero-order valence-corrected chi connectivity index (χ0v) is 22.7. The molecule has 7 heteroatoms. The maximum atomic E-state index is 13.9. The molecule has 0 saturated carbocycles. The number of carbonyl (C=O) groups excluding carboxylic acids is 1. The van der Waals surface area contributed by atoms with Gasteiger partial charge in [-0.05, 0) is 80.5 Å². The summed E-state index contributed by atoms with van der Waals surface area (Å²) in [5.41, 5.74) is 3.40. The van der Waals surface area contributed by atoms with Crippen LogP contribution >= 0.6 is 0 Å². The standard InChI is InChI=1S/C30H37NO6/c1-7-35-25-17-21(9-10-23(25)36-14-11-18(2)3)27-26-28(32)22-15-19(4)20(5)16-24(22)37-29(26)30(33)31(27)12-8-13-34-6/h9-10,15-18,27H,7-8,11-14H2,1-6H3. The third-order valence-corrected chi connectivity index (χ3v) is 6.87. The first kappa shape index (κ1) is 26.7. The van der Waals surface area contributed by atoms with Crippen molar-refractivity contribution in [3.63, 3.8) is 0 Å². The van der Waals surface area contributed by atoms with Crippen LogP contribution in [-0.4, -0.2) is 44.3 Å². The molecule has 2 aromatic carbocycles. The van der Waals surface area contributed by atoms with E-state index in [0.29, 0.717) is 66.7 Å². The number of fused-ring (bicyclic) bond motifs is 2. The highest BCUT2D eigenvalue weighted by molar-refractivity contribution is 5.99. The molecule has 0 radical (unpaired) electrons. The van der Waals surface area contributed by atoms with Gasteiger partial charge in [-0.3, -0.25) is 9.59 Å². The Balaban J connectivity index is 1.84. The SMILES string of the molecule is CCOc1cc(C2c3c(oc4cc(C)c(C)cc4c3=O)C(=O)N2CCCOC)ccc1OCCC(C)C. The topological polar surface area (TPSA) is 78.2 Å². The molecule has 0 spiro atoms. The number of carbonyl (C=O) groups is 1. The van der Waals surface area contributed by atoms with Crippen molar-refractivity contribution in [2.24, 2.45) is 5.92 Å². The van der Waals surface area contributed by atoms with Crippen molar-refractivity contribution in [3.05, 3.63) is 68.6 Å². The van der Waals surface area contributed by atoms with Crippen LogP contribution in [0, 0.1) is 19.8 Å². The Labute approximate surface area is 218 Å². The zero-order chi connectivity index (χ0) is 26.7. The number of rotatable bonds is 11. The van der Waals surface area contributed by atoms with Gasteiger partial charge >= 0.3 is 0 Å². The second-order valence-electron chi connectivity index (χ2n) is 10.0. The first-order valence-corrected chi connectivity index (χ1v) is 13.0. The van der Waals surface area contributed by atoms with Crippen LogP contribution in [0.3, 0.4) is 0 Å². The molecule has 1 aliphatic rings. The highest BCUT2D eigenvalue weighted by atomic mass is 16.5. The lowest BCUT2D eigenvalue weighted by molar-refractivity contribution is 0.0707. The third-order valence-electron chi connectivity index (χ3n) is 6.87. The van der Waals surface area contributed by atoms with E-state index in [9.17, 15) is 9.59 Å². The van der Waals surface area contributed by atoms with Crippen molar-refractivity contribution in [1.29, 1.82) is 0 Å². The molecule has 0 saturated heterocycles. The normalized spacial score (nSPS) is 15.1. The van der Waals surface area contributed by atoms with Crippen LogP contribution < -0.4 is 14.9 Å². The van der Waals surface area contributed by atoms with E-state index in [4.69, 9.17) is 18.6 Å². The number of amides is 1. The third kappa shape index (κ3) is 5.37. The van der Waals surface area contributed by atoms with Crippen molar-refractivity contribution < 1.29 is 23.4 Å². The van der Waals surface area contributed by atoms with Crippen molar-refractivity contribution in [2.45, 2.75) is 53.5 Å². The second-order valence-corrected chi connectivity index (χ2v) is 10.0. The number of benzene rings is 2. The summed E-state index contributed by atoms with van der Waals surface area (Å²) in [6, 6.07) is 8.75. The van der Waals surface area contributed by atoms with Gasteiger partial charge in [0.2, 0.25) is 5.76 Å². The summed E-state index contributed by atoms with van der Waals surface area (Å²) in [6.45, 7) is 12.1. The maximum Gasteiger partial charge on any atom is 0.290 e. The first-order valence-electron chi connectivity index (χ1n) is 13.0. The fraction of sp³-hybridized carbons (Fsp3) is 0.467. The van der Waals surface area contributed by atoms with E-state index in [0.717, 1.165) is 23.1 Å². The van der Waals surface area contributed by atoms with Gasteiger partial charge in [0.15, 0.2) is 16.9 Å². The molecule has 1 unspecified atom stereocenters. The van der Waals surface area contributed by atoms with E-state index in [1.165, 1.54) is 0 Å². The Kier molecular flexibility index (Phi) is 8.22. The van der Waals surface area contributed by atoms with Crippen LogP contribution in [0.5, 0.6) is 11.5 Å². The van der Waals surface area contributed by atoms with Gasteiger partial charge in [0, 0.05) is 20.3 Å². The molecule has 0 N–H and O–H groups in total. The average molecular weight is 508 g/mol. The summed E-state index contributed by atoms with van der Waals surface area (Å²) in [4.78, 5) is 29.2. The molecule has 1 aromatic heterocycles. The molecular weight excluding hydrogens is 470 g/mol. The summed E-state index contributed by atoms with van der Waals surface area (Å²) < 4.78 is 23.3. The summed E-state index contributed by atoms with van der Waals surface area (Å²) in [5, 5.41) is 0.483. The van der Waals surface area contributed by atoms with E-state index >= 15 is 0 Å². The Bertz CT molecular complexity index is 1340. The fourth-order valence-electron chi connectivity index (χ4n) is 4.72. The van der Waals surface area contributed by atoms with Crippen molar-refractivity contribution >= 4 is 16.9 Å². The van der Waals surface area contributed by atoms with Crippen LogP contribution in [0.25, 0.3) is 11.0 Å². The van der Waals surface area contributed by atoms with Gasteiger partial charge in [-0.2, -0.15) is 0 Å². The molecule has 1 amide bonds. The lowest BCUT2D eigenvalue weighted by Crippen LogP contribution is -2.31. The van der Waals surface area contributed by atoms with Crippen molar-refractivity contribution in [3.8, 4) is 11.5 Å². The van der Waals surface area contributed by atoms with Crippen LogP contribution in [0.15, 0.2) is 39.5 Å². The number of hydrogen-bond donors (Lipinski definition) is 0. The largest absolute Gasteiger partial charge is 0.490 e. The Morgan fingerprint density at radius 2 is 1.76 bits per heavy atom. The highest BCUT2D eigenvalue weighted by Crippen LogP contribution is 2.41. The molecule has 7 nitrogen and oxygen atoms in total. The monoisotopic (exact) mass is 507 g/mol. The van der Waals surface area contributed by atoms with Gasteiger partial charge < -0.3 is 23.5 Å². The molecule has 0 aliphatic carbocycles. The number of hydrogen-bond acceptors (Lipinski definition) is 6. The molecule has 37 heavy (non-hydrogen) atoms. The van der Waals surface area contributed by atoms with Crippen molar-refractivity contribution in [1.82, 2.24) is 4.90 Å². The van der Waals surface area contributed by atoms with E-state index in [1.54, 1.807) is 12.0 Å². The fourth-order valence-corrected chi connectivity index (χ4v) is 4.72. The van der Waals surface area contributed by atoms with Gasteiger partial charge in [0.05, 0.1) is 30.2 Å². The molecule has 2 heterocycles. The summed E-state index contributed by atoms with van der Waals surface area (Å²) in [7, 11) is 1.63. The smallest absolute Gasteiger partial charge is 0.290 e. The Morgan fingerprint density at radius 1 is 1.00 bits per heavy atom. The number of nitrogens with zero attached hydrogens (tertiary/aromatic N) is 1. The van der Waals surface area contributed by atoms with E-state index < -0.39 is 6.04 Å². The van der Waals surface area contributed by atoms with Crippen LogP contribution in [0.1, 0.15) is 72.5 Å². The molecule has 1 atom stereocenters. The molecule has 198 valence electrons. The van der Waals surface area contributed by atoms with Gasteiger partial charge in [-0.15, -0.1) is 0 Å². The van der Waals surface area contributed by atoms with Gasteiger partial charge in [-0.1, -0.05) is 19.9 Å².